The summed E-state index contributed by atoms with van der Waals surface area (Å²) in [4.78, 5) is 11.8. The molecule has 0 heterocycles. The van der Waals surface area contributed by atoms with E-state index >= 15 is 0 Å². The molecular weight excluding hydrogens is 300 g/mol. The lowest BCUT2D eigenvalue weighted by atomic mass is 10.1. The van der Waals surface area contributed by atoms with Crippen LogP contribution in [0, 0.1) is 0 Å². The van der Waals surface area contributed by atoms with Gasteiger partial charge in [-0.05, 0) is 42.8 Å². The fourth-order valence-corrected chi connectivity index (χ4v) is 1.96. The van der Waals surface area contributed by atoms with Gasteiger partial charge in [0.2, 0.25) is 5.91 Å². The second-order valence-corrected chi connectivity index (χ2v) is 4.88. The van der Waals surface area contributed by atoms with E-state index in [1.165, 1.54) is 0 Å². The number of nitrogens with one attached hydrogen (secondary N) is 1. The lowest BCUT2D eigenvalue weighted by Crippen LogP contribution is -2.12. The topological polar surface area (TPSA) is 38.3 Å². The van der Waals surface area contributed by atoms with Crippen LogP contribution in [0.5, 0.6) is 11.5 Å². The first-order valence-corrected chi connectivity index (χ1v) is 7.24. The van der Waals surface area contributed by atoms with Crippen molar-refractivity contribution in [1.82, 2.24) is 0 Å². The highest BCUT2D eigenvalue weighted by Crippen LogP contribution is 2.23. The number of hydrogen-bond donors (Lipinski definition) is 1. The average Bonchev–Trinajstić information content (AvgIpc) is 2.55. The standard InChI is InChI=1S/C18H17F2NO2/c1-2-13(18(19)20)12-17(22)21-14-8-10-16(11-9-14)23-15-6-4-3-5-7-15/h3-11H,2,12H2,1H3,(H,21,22). The summed E-state index contributed by atoms with van der Waals surface area (Å²) in [5, 5.41) is 2.59. The molecule has 2 aromatic rings. The minimum absolute atomic E-state index is 0.147. The number of rotatable bonds is 6. The van der Waals surface area contributed by atoms with Gasteiger partial charge in [-0.15, -0.1) is 0 Å². The van der Waals surface area contributed by atoms with Crippen molar-refractivity contribution in [1.29, 1.82) is 0 Å². The van der Waals surface area contributed by atoms with E-state index in [0.29, 0.717) is 17.2 Å². The Kier molecular flexibility index (Phi) is 5.86. The van der Waals surface area contributed by atoms with Crippen molar-refractivity contribution in [3.63, 3.8) is 0 Å². The molecule has 1 N–H and O–H groups in total. The molecule has 3 nitrogen and oxygen atoms in total. The number of halogens is 2. The number of carbonyl (C=O) groups excluding carboxylic acids is 1. The van der Waals surface area contributed by atoms with Gasteiger partial charge >= 0.3 is 0 Å². The van der Waals surface area contributed by atoms with Crippen LogP contribution in [0.1, 0.15) is 19.8 Å². The Morgan fingerprint density at radius 2 is 1.61 bits per heavy atom. The number of ether oxygens (including phenoxy) is 1. The molecule has 0 spiro atoms. The number of hydrogen-bond acceptors (Lipinski definition) is 2. The summed E-state index contributed by atoms with van der Waals surface area (Å²) in [6, 6.07) is 16.0. The molecule has 0 fully saturated rings. The highest BCUT2D eigenvalue weighted by molar-refractivity contribution is 5.92. The molecule has 0 aliphatic heterocycles. The maximum absolute atomic E-state index is 12.5. The number of amides is 1. The Morgan fingerprint density at radius 3 is 2.17 bits per heavy atom. The van der Waals surface area contributed by atoms with Crippen LogP contribution in [0.4, 0.5) is 14.5 Å². The van der Waals surface area contributed by atoms with Gasteiger partial charge in [0.25, 0.3) is 6.08 Å². The van der Waals surface area contributed by atoms with Crippen LogP contribution in [-0.4, -0.2) is 5.91 Å². The number of carbonyl (C=O) groups is 1. The van der Waals surface area contributed by atoms with Crippen LogP contribution in [0.25, 0.3) is 0 Å². The summed E-state index contributed by atoms with van der Waals surface area (Å²) < 4.78 is 30.7. The van der Waals surface area contributed by atoms with Gasteiger partial charge in [0.05, 0.1) is 6.42 Å². The monoisotopic (exact) mass is 317 g/mol. The zero-order valence-corrected chi connectivity index (χ0v) is 12.7. The van der Waals surface area contributed by atoms with Crippen molar-refractivity contribution >= 4 is 11.6 Å². The zero-order valence-electron chi connectivity index (χ0n) is 12.7. The largest absolute Gasteiger partial charge is 0.457 e. The SMILES string of the molecule is CCC(CC(=O)Nc1ccc(Oc2ccccc2)cc1)=C(F)F. The van der Waals surface area contributed by atoms with Crippen molar-refractivity contribution in [2.75, 3.05) is 5.32 Å². The van der Waals surface area contributed by atoms with Crippen molar-refractivity contribution in [3.05, 3.63) is 66.3 Å². The van der Waals surface area contributed by atoms with Crippen LogP contribution >= 0.6 is 0 Å². The second-order valence-electron chi connectivity index (χ2n) is 4.88. The molecule has 23 heavy (non-hydrogen) atoms. The third kappa shape index (κ3) is 5.21. The fraction of sp³-hybridized carbons (Fsp3) is 0.167. The summed E-state index contributed by atoms with van der Waals surface area (Å²) in [7, 11) is 0. The normalized spacial score (nSPS) is 10.0. The minimum atomic E-state index is -1.78. The van der Waals surface area contributed by atoms with E-state index in [-0.39, 0.29) is 18.4 Å². The molecule has 2 aromatic carbocycles. The van der Waals surface area contributed by atoms with Crippen molar-refractivity contribution < 1.29 is 18.3 Å². The molecule has 0 saturated carbocycles. The van der Waals surface area contributed by atoms with E-state index in [4.69, 9.17) is 4.74 Å². The van der Waals surface area contributed by atoms with E-state index in [1.807, 2.05) is 30.3 Å². The molecule has 2 rings (SSSR count). The van der Waals surface area contributed by atoms with Gasteiger partial charge in [-0.3, -0.25) is 4.79 Å². The van der Waals surface area contributed by atoms with Crippen LogP contribution in [-0.2, 0) is 4.79 Å². The van der Waals surface area contributed by atoms with Crippen LogP contribution in [0.2, 0.25) is 0 Å². The first kappa shape index (κ1) is 16.7. The summed E-state index contributed by atoms with van der Waals surface area (Å²) in [5.41, 5.74) is 0.386. The van der Waals surface area contributed by atoms with E-state index in [1.54, 1.807) is 31.2 Å². The van der Waals surface area contributed by atoms with Gasteiger partial charge in [-0.2, -0.15) is 8.78 Å². The van der Waals surface area contributed by atoms with Gasteiger partial charge in [0.1, 0.15) is 11.5 Å². The molecule has 1 amide bonds. The maximum atomic E-state index is 12.5. The van der Waals surface area contributed by atoms with Crippen LogP contribution < -0.4 is 10.1 Å². The summed E-state index contributed by atoms with van der Waals surface area (Å²) in [6.07, 6.45) is -1.94. The molecule has 0 unspecified atom stereocenters. The first-order valence-electron chi connectivity index (χ1n) is 7.24. The third-order valence-corrected chi connectivity index (χ3v) is 3.18. The smallest absolute Gasteiger partial charge is 0.270 e. The lowest BCUT2D eigenvalue weighted by molar-refractivity contribution is -0.115. The minimum Gasteiger partial charge on any atom is -0.457 e. The molecule has 0 atom stereocenters. The quantitative estimate of drug-likeness (QED) is 0.778. The van der Waals surface area contributed by atoms with Gasteiger partial charge in [-0.1, -0.05) is 25.1 Å². The third-order valence-electron chi connectivity index (χ3n) is 3.18. The molecule has 5 heteroatoms. The molecule has 0 radical (unpaired) electrons. The van der Waals surface area contributed by atoms with Crippen molar-refractivity contribution in [2.45, 2.75) is 19.8 Å². The van der Waals surface area contributed by atoms with E-state index in [0.717, 1.165) is 0 Å². The predicted molar refractivity (Wildman–Crippen MR) is 85.7 cm³/mol. The number of anilines is 1. The van der Waals surface area contributed by atoms with E-state index in [2.05, 4.69) is 5.32 Å². The Hall–Kier alpha value is -2.69. The van der Waals surface area contributed by atoms with E-state index in [9.17, 15) is 13.6 Å². The summed E-state index contributed by atoms with van der Waals surface area (Å²) in [6.45, 7) is 1.59. The molecule has 0 aliphatic rings. The van der Waals surface area contributed by atoms with Crippen molar-refractivity contribution in [2.24, 2.45) is 0 Å². The zero-order chi connectivity index (χ0) is 16.7. The Labute approximate surface area is 133 Å². The summed E-state index contributed by atoms with van der Waals surface area (Å²) in [5.74, 6) is 0.866. The highest BCUT2D eigenvalue weighted by Gasteiger charge is 2.10. The van der Waals surface area contributed by atoms with Crippen LogP contribution in [0.15, 0.2) is 66.3 Å². The van der Waals surface area contributed by atoms with Gasteiger partial charge in [0.15, 0.2) is 0 Å². The predicted octanol–water partition coefficient (Wildman–Crippen LogP) is 5.37. The highest BCUT2D eigenvalue weighted by atomic mass is 19.3. The first-order chi connectivity index (χ1) is 11.1. The Morgan fingerprint density at radius 1 is 1.00 bits per heavy atom. The van der Waals surface area contributed by atoms with E-state index < -0.39 is 12.0 Å². The molecule has 0 bridgehead atoms. The number of para-hydroxylation sites is 1. The molecule has 0 saturated heterocycles. The summed E-state index contributed by atoms with van der Waals surface area (Å²) >= 11 is 0. The molecule has 120 valence electrons. The maximum Gasteiger partial charge on any atom is 0.270 e. The molecule has 0 aromatic heterocycles. The van der Waals surface area contributed by atoms with Gasteiger partial charge < -0.3 is 10.1 Å². The lowest BCUT2D eigenvalue weighted by Gasteiger charge is -2.08. The number of benzene rings is 2. The van der Waals surface area contributed by atoms with Gasteiger partial charge in [0, 0.05) is 11.3 Å². The molecule has 0 aliphatic carbocycles. The van der Waals surface area contributed by atoms with Crippen molar-refractivity contribution in [3.8, 4) is 11.5 Å². The fourth-order valence-electron chi connectivity index (χ4n) is 1.96. The average molecular weight is 317 g/mol. The Balaban J connectivity index is 1.95. The second kappa shape index (κ2) is 8.08. The Bertz CT molecular complexity index is 678. The van der Waals surface area contributed by atoms with Gasteiger partial charge in [-0.25, -0.2) is 0 Å². The van der Waals surface area contributed by atoms with Crippen LogP contribution in [0.3, 0.4) is 0 Å². The molecular formula is C18H17F2NO2.